The molecule has 15 heavy (non-hydrogen) atoms. The molecule has 2 rings (SSSR count). The molecular weight excluding hydrogens is 257 g/mol. The third-order valence-electron chi connectivity index (χ3n) is 2.30. The van der Waals surface area contributed by atoms with Gasteiger partial charge in [-0.1, -0.05) is 23.2 Å². The van der Waals surface area contributed by atoms with Crippen molar-refractivity contribution >= 4 is 38.9 Å². The lowest BCUT2D eigenvalue weighted by molar-refractivity contribution is 0.599. The molecule has 1 heterocycles. The molecule has 0 atom stereocenters. The maximum Gasteiger partial charge on any atom is 0.232 e. The lowest BCUT2D eigenvalue weighted by atomic mass is 10.1. The average Bonchev–Trinajstić information content (AvgIpc) is 2.31. The van der Waals surface area contributed by atoms with E-state index in [0.29, 0.717) is 28.6 Å². The molecule has 0 saturated carbocycles. The molecule has 1 aliphatic heterocycles. The maximum atomic E-state index is 11.5. The number of anilines is 1. The Morgan fingerprint density at radius 2 is 1.87 bits per heavy atom. The van der Waals surface area contributed by atoms with Gasteiger partial charge in [-0.25, -0.2) is 8.42 Å². The van der Waals surface area contributed by atoms with E-state index in [1.807, 2.05) is 0 Å². The summed E-state index contributed by atoms with van der Waals surface area (Å²) in [6.07, 6.45) is 1.18. The van der Waals surface area contributed by atoms with E-state index in [0.717, 1.165) is 5.56 Å². The van der Waals surface area contributed by atoms with Crippen molar-refractivity contribution < 1.29 is 8.42 Å². The summed E-state index contributed by atoms with van der Waals surface area (Å²) >= 11 is 11.9. The normalized spacial score (nSPS) is 18.8. The molecule has 1 aromatic carbocycles. The van der Waals surface area contributed by atoms with Crippen LogP contribution in [-0.4, -0.2) is 14.2 Å². The Morgan fingerprint density at radius 3 is 2.60 bits per heavy atom. The van der Waals surface area contributed by atoms with Gasteiger partial charge in [0.15, 0.2) is 0 Å². The Balaban J connectivity index is 2.61. The van der Waals surface area contributed by atoms with Crippen LogP contribution in [0.5, 0.6) is 0 Å². The van der Waals surface area contributed by atoms with Gasteiger partial charge in [-0.3, -0.25) is 4.72 Å². The van der Waals surface area contributed by atoms with Gasteiger partial charge in [0.2, 0.25) is 10.0 Å². The predicted octanol–water partition coefficient (Wildman–Crippen LogP) is 2.68. The predicted molar refractivity (Wildman–Crippen MR) is 62.2 cm³/mol. The van der Waals surface area contributed by atoms with Gasteiger partial charge < -0.3 is 0 Å². The number of halogens is 2. The Bertz CT molecular complexity index is 499. The van der Waals surface area contributed by atoms with Gasteiger partial charge in [-0.15, -0.1) is 0 Å². The highest BCUT2D eigenvalue weighted by Crippen LogP contribution is 2.35. The summed E-state index contributed by atoms with van der Waals surface area (Å²) in [5.74, 6) is 0.105. The van der Waals surface area contributed by atoms with Gasteiger partial charge in [0, 0.05) is 5.02 Å². The standard InChI is InChI=1S/C9H9Cl2NO2S/c10-7-3-4-8(11)9-6(7)2-1-5-15(13,14)12-9/h3-4,12H,1-2,5H2. The molecule has 3 nitrogen and oxygen atoms in total. The monoisotopic (exact) mass is 265 g/mol. The lowest BCUT2D eigenvalue weighted by Crippen LogP contribution is -2.14. The number of nitrogens with one attached hydrogen (secondary N) is 1. The number of hydrogen-bond acceptors (Lipinski definition) is 2. The van der Waals surface area contributed by atoms with Crippen LogP contribution in [0.3, 0.4) is 0 Å². The first kappa shape index (κ1) is 11.0. The molecule has 0 radical (unpaired) electrons. The maximum absolute atomic E-state index is 11.5. The molecule has 6 heteroatoms. The highest BCUT2D eigenvalue weighted by molar-refractivity contribution is 7.92. The first-order valence-corrected chi connectivity index (χ1v) is 6.88. The van der Waals surface area contributed by atoms with Gasteiger partial charge in [0.25, 0.3) is 0 Å². The fourth-order valence-electron chi connectivity index (χ4n) is 1.59. The van der Waals surface area contributed by atoms with E-state index in [9.17, 15) is 8.42 Å². The van der Waals surface area contributed by atoms with Crippen molar-refractivity contribution in [1.29, 1.82) is 0 Å². The molecule has 0 spiro atoms. The van der Waals surface area contributed by atoms with Crippen LogP contribution in [0.25, 0.3) is 0 Å². The minimum Gasteiger partial charge on any atom is -0.282 e. The minimum atomic E-state index is -3.26. The summed E-state index contributed by atoms with van der Waals surface area (Å²) < 4.78 is 25.4. The second-order valence-corrected chi connectivity index (χ2v) is 6.06. The number of fused-ring (bicyclic) bond motifs is 1. The second-order valence-electron chi connectivity index (χ2n) is 3.41. The minimum absolute atomic E-state index is 0.105. The van der Waals surface area contributed by atoms with Crippen LogP contribution in [0.2, 0.25) is 10.0 Å². The van der Waals surface area contributed by atoms with E-state index in [4.69, 9.17) is 23.2 Å². The summed E-state index contributed by atoms with van der Waals surface area (Å²) in [4.78, 5) is 0. The van der Waals surface area contributed by atoms with Crippen molar-refractivity contribution in [1.82, 2.24) is 0 Å². The molecule has 1 aromatic rings. The summed E-state index contributed by atoms with van der Waals surface area (Å²) in [7, 11) is -3.26. The highest BCUT2D eigenvalue weighted by Gasteiger charge is 2.21. The molecule has 1 N–H and O–H groups in total. The molecule has 1 aliphatic rings. The first-order chi connectivity index (χ1) is 6.99. The van der Waals surface area contributed by atoms with E-state index < -0.39 is 10.0 Å². The fraction of sp³-hybridized carbons (Fsp3) is 0.333. The van der Waals surface area contributed by atoms with Gasteiger partial charge in [-0.05, 0) is 30.5 Å². The SMILES string of the molecule is O=S1(=O)CCCc2c(Cl)ccc(Cl)c2N1. The molecule has 0 amide bonds. The van der Waals surface area contributed by atoms with Gasteiger partial charge in [0.05, 0.1) is 16.5 Å². The zero-order valence-corrected chi connectivity index (χ0v) is 10.1. The van der Waals surface area contributed by atoms with Crippen LogP contribution in [-0.2, 0) is 16.4 Å². The van der Waals surface area contributed by atoms with E-state index in [1.165, 1.54) is 0 Å². The van der Waals surface area contributed by atoms with Crippen molar-refractivity contribution in [3.63, 3.8) is 0 Å². The zero-order valence-electron chi connectivity index (χ0n) is 7.76. The highest BCUT2D eigenvalue weighted by atomic mass is 35.5. The van der Waals surface area contributed by atoms with E-state index in [2.05, 4.69) is 4.72 Å². The van der Waals surface area contributed by atoms with Crippen LogP contribution < -0.4 is 4.72 Å². The Kier molecular flexibility index (Phi) is 2.83. The topological polar surface area (TPSA) is 46.2 Å². The summed E-state index contributed by atoms with van der Waals surface area (Å²) in [5, 5.41) is 0.943. The lowest BCUT2D eigenvalue weighted by Gasteiger charge is -2.10. The summed E-state index contributed by atoms with van der Waals surface area (Å²) in [5.41, 5.74) is 1.21. The van der Waals surface area contributed by atoms with Crippen LogP contribution >= 0.6 is 23.2 Å². The third-order valence-corrected chi connectivity index (χ3v) is 4.31. The van der Waals surface area contributed by atoms with Crippen molar-refractivity contribution in [2.75, 3.05) is 10.5 Å². The number of rotatable bonds is 0. The van der Waals surface area contributed by atoms with Crippen LogP contribution in [0.15, 0.2) is 12.1 Å². The number of hydrogen-bond donors (Lipinski definition) is 1. The van der Waals surface area contributed by atoms with Gasteiger partial charge in [-0.2, -0.15) is 0 Å². The average molecular weight is 266 g/mol. The third kappa shape index (κ3) is 2.22. The fourth-order valence-corrected chi connectivity index (χ4v) is 3.30. The van der Waals surface area contributed by atoms with Crippen LogP contribution in [0.4, 0.5) is 5.69 Å². The molecule has 0 aromatic heterocycles. The van der Waals surface area contributed by atoms with Crippen LogP contribution in [0.1, 0.15) is 12.0 Å². The first-order valence-electron chi connectivity index (χ1n) is 4.47. The summed E-state index contributed by atoms with van der Waals surface area (Å²) in [6.45, 7) is 0. The van der Waals surface area contributed by atoms with Crippen molar-refractivity contribution in [3.05, 3.63) is 27.7 Å². The number of sulfonamides is 1. The quantitative estimate of drug-likeness (QED) is 0.784. The molecule has 0 unspecified atom stereocenters. The second kappa shape index (κ2) is 3.85. The van der Waals surface area contributed by atoms with Gasteiger partial charge in [0.1, 0.15) is 0 Å². The summed E-state index contributed by atoms with van der Waals surface area (Å²) in [6, 6.07) is 3.28. The largest absolute Gasteiger partial charge is 0.282 e. The Hall–Kier alpha value is -0.450. The van der Waals surface area contributed by atoms with Crippen molar-refractivity contribution in [2.24, 2.45) is 0 Å². The van der Waals surface area contributed by atoms with Crippen LogP contribution in [0, 0.1) is 0 Å². The Labute approximate surface area is 98.4 Å². The molecule has 0 bridgehead atoms. The number of benzene rings is 1. The van der Waals surface area contributed by atoms with E-state index in [-0.39, 0.29) is 5.75 Å². The van der Waals surface area contributed by atoms with E-state index >= 15 is 0 Å². The molecule has 0 saturated heterocycles. The molecule has 82 valence electrons. The van der Waals surface area contributed by atoms with Crippen molar-refractivity contribution in [3.8, 4) is 0 Å². The molecule has 0 aliphatic carbocycles. The molecular formula is C9H9Cl2NO2S. The smallest absolute Gasteiger partial charge is 0.232 e. The van der Waals surface area contributed by atoms with E-state index in [1.54, 1.807) is 12.1 Å². The Morgan fingerprint density at radius 1 is 1.20 bits per heavy atom. The van der Waals surface area contributed by atoms with Crippen molar-refractivity contribution in [2.45, 2.75) is 12.8 Å². The zero-order chi connectivity index (χ0) is 11.1. The molecule has 0 fully saturated rings. The van der Waals surface area contributed by atoms with Gasteiger partial charge >= 0.3 is 0 Å².